The number of benzene rings is 4. The van der Waals surface area contributed by atoms with E-state index in [1.807, 2.05) is 60.7 Å². The molecule has 0 unspecified atom stereocenters. The lowest BCUT2D eigenvalue weighted by molar-refractivity contribution is -0.137. The van der Waals surface area contributed by atoms with E-state index in [1.54, 1.807) is 31.2 Å². The summed E-state index contributed by atoms with van der Waals surface area (Å²) >= 11 is 0. The number of halogens is 3. The average molecular weight is 401 g/mol. The van der Waals surface area contributed by atoms with Crippen molar-refractivity contribution in [2.75, 3.05) is 0 Å². The van der Waals surface area contributed by atoms with Gasteiger partial charge in [0.05, 0.1) is 22.3 Å². The monoisotopic (exact) mass is 401 g/mol. The van der Waals surface area contributed by atoms with Gasteiger partial charge in [0.2, 0.25) is 0 Å². The topological polar surface area (TPSA) is 4.93 Å². The maximum Gasteiger partial charge on any atom is 0.417 e. The fraction of sp³-hybridized carbons (Fsp3) is 0.0769. The number of hydrogen-bond donors (Lipinski definition) is 0. The van der Waals surface area contributed by atoms with Crippen LogP contribution in [0.15, 0.2) is 91.0 Å². The molecule has 0 N–H and O–H groups in total. The zero-order chi connectivity index (χ0) is 20.9. The largest absolute Gasteiger partial charge is 0.417 e. The van der Waals surface area contributed by atoms with E-state index < -0.39 is 11.7 Å². The summed E-state index contributed by atoms with van der Waals surface area (Å²) in [4.78, 5) is 0. The summed E-state index contributed by atoms with van der Waals surface area (Å²) < 4.78 is 43.7. The van der Waals surface area contributed by atoms with Crippen molar-refractivity contribution in [1.82, 2.24) is 4.57 Å². The maximum atomic E-state index is 13.9. The molecule has 0 amide bonds. The molecule has 5 rings (SSSR count). The lowest BCUT2D eigenvalue weighted by Gasteiger charge is -2.18. The van der Waals surface area contributed by atoms with Crippen LogP contribution in [0.25, 0.3) is 38.6 Å². The molecule has 1 heterocycles. The van der Waals surface area contributed by atoms with E-state index in [2.05, 4.69) is 4.57 Å². The minimum atomic E-state index is -4.44. The first kappa shape index (κ1) is 18.5. The predicted molar refractivity (Wildman–Crippen MR) is 116 cm³/mol. The number of para-hydroxylation sites is 3. The second-order valence-electron chi connectivity index (χ2n) is 7.43. The van der Waals surface area contributed by atoms with E-state index in [-0.39, 0.29) is 5.56 Å². The molecule has 0 spiro atoms. The molecule has 0 aliphatic rings. The van der Waals surface area contributed by atoms with Gasteiger partial charge in [-0.25, -0.2) is 0 Å². The van der Waals surface area contributed by atoms with Gasteiger partial charge in [-0.2, -0.15) is 13.2 Å². The molecule has 148 valence electrons. The Morgan fingerprint density at radius 2 is 1.20 bits per heavy atom. The van der Waals surface area contributed by atoms with Gasteiger partial charge < -0.3 is 4.57 Å². The van der Waals surface area contributed by atoms with Crippen LogP contribution < -0.4 is 0 Å². The number of alkyl halides is 3. The van der Waals surface area contributed by atoms with E-state index in [4.69, 9.17) is 0 Å². The van der Waals surface area contributed by atoms with E-state index >= 15 is 0 Å². The number of rotatable bonds is 2. The second kappa shape index (κ2) is 6.77. The molecule has 0 bridgehead atoms. The Hall–Kier alpha value is -3.53. The van der Waals surface area contributed by atoms with Gasteiger partial charge in [-0.3, -0.25) is 0 Å². The quantitative estimate of drug-likeness (QED) is 0.285. The molecule has 0 aliphatic carbocycles. The number of fused-ring (bicyclic) bond motifs is 3. The minimum Gasteiger partial charge on any atom is -0.309 e. The van der Waals surface area contributed by atoms with E-state index in [0.29, 0.717) is 11.1 Å². The SMILES string of the molecule is Cc1ccc(-c2ccccc2-n2c3ccccc3c3ccccc32)c(C(F)(F)F)c1. The van der Waals surface area contributed by atoms with Crippen LogP contribution in [0.2, 0.25) is 0 Å². The highest BCUT2D eigenvalue weighted by Gasteiger charge is 2.34. The molecule has 4 heteroatoms. The number of aromatic nitrogens is 1. The Kier molecular flexibility index (Phi) is 4.17. The Morgan fingerprint density at radius 1 is 0.633 bits per heavy atom. The van der Waals surface area contributed by atoms with Crippen LogP contribution in [-0.2, 0) is 6.18 Å². The van der Waals surface area contributed by atoms with Gasteiger partial charge in [0.25, 0.3) is 0 Å². The highest BCUT2D eigenvalue weighted by molar-refractivity contribution is 6.09. The predicted octanol–water partition coefficient (Wildman–Crippen LogP) is 7.78. The summed E-state index contributed by atoms with van der Waals surface area (Å²) in [5, 5.41) is 2.14. The van der Waals surface area contributed by atoms with Crippen molar-refractivity contribution in [3.05, 3.63) is 102 Å². The molecule has 1 nitrogen and oxygen atoms in total. The Balaban J connectivity index is 1.88. The Morgan fingerprint density at radius 3 is 1.83 bits per heavy atom. The smallest absolute Gasteiger partial charge is 0.309 e. The normalized spacial score (nSPS) is 12.0. The van der Waals surface area contributed by atoms with E-state index in [9.17, 15) is 13.2 Å². The van der Waals surface area contributed by atoms with Crippen LogP contribution in [0.3, 0.4) is 0 Å². The van der Waals surface area contributed by atoms with Gasteiger partial charge in [-0.1, -0.05) is 72.3 Å². The van der Waals surface area contributed by atoms with Crippen molar-refractivity contribution in [3.8, 4) is 16.8 Å². The molecule has 5 aromatic rings. The van der Waals surface area contributed by atoms with Gasteiger partial charge in [-0.05, 0) is 36.8 Å². The van der Waals surface area contributed by atoms with Crippen LogP contribution in [0.4, 0.5) is 13.2 Å². The van der Waals surface area contributed by atoms with E-state index in [0.717, 1.165) is 27.5 Å². The summed E-state index contributed by atoms with van der Waals surface area (Å²) in [6.45, 7) is 1.68. The molecule has 0 saturated heterocycles. The molecular formula is C26H18F3N. The third-order valence-corrected chi connectivity index (χ3v) is 5.50. The second-order valence-corrected chi connectivity index (χ2v) is 7.43. The molecule has 0 radical (unpaired) electrons. The molecule has 0 fully saturated rings. The fourth-order valence-corrected chi connectivity index (χ4v) is 4.21. The van der Waals surface area contributed by atoms with Gasteiger partial charge in [-0.15, -0.1) is 0 Å². The highest BCUT2D eigenvalue weighted by atomic mass is 19.4. The maximum absolute atomic E-state index is 13.9. The van der Waals surface area contributed by atoms with Crippen molar-refractivity contribution in [2.45, 2.75) is 13.1 Å². The minimum absolute atomic E-state index is 0.186. The summed E-state index contributed by atoms with van der Waals surface area (Å²) in [5.74, 6) is 0. The first-order valence-corrected chi connectivity index (χ1v) is 9.71. The molecule has 4 aromatic carbocycles. The third kappa shape index (κ3) is 2.88. The Bertz CT molecular complexity index is 1340. The van der Waals surface area contributed by atoms with Gasteiger partial charge >= 0.3 is 6.18 Å². The molecular weight excluding hydrogens is 383 g/mol. The number of hydrogen-bond acceptors (Lipinski definition) is 0. The van der Waals surface area contributed by atoms with Crippen LogP contribution in [-0.4, -0.2) is 4.57 Å². The van der Waals surface area contributed by atoms with Crippen molar-refractivity contribution < 1.29 is 13.2 Å². The van der Waals surface area contributed by atoms with Crippen LogP contribution >= 0.6 is 0 Å². The molecule has 0 saturated carbocycles. The zero-order valence-electron chi connectivity index (χ0n) is 16.2. The highest BCUT2D eigenvalue weighted by Crippen LogP contribution is 2.41. The van der Waals surface area contributed by atoms with Crippen molar-refractivity contribution in [2.24, 2.45) is 0 Å². The molecule has 1 aromatic heterocycles. The van der Waals surface area contributed by atoms with Crippen molar-refractivity contribution in [1.29, 1.82) is 0 Å². The van der Waals surface area contributed by atoms with Crippen LogP contribution in [0, 0.1) is 6.92 Å². The fourth-order valence-electron chi connectivity index (χ4n) is 4.21. The van der Waals surface area contributed by atoms with Crippen LogP contribution in [0.5, 0.6) is 0 Å². The number of nitrogens with zero attached hydrogens (tertiary/aromatic N) is 1. The summed E-state index contributed by atoms with van der Waals surface area (Å²) in [6.07, 6.45) is -4.44. The van der Waals surface area contributed by atoms with Gasteiger partial charge in [0.1, 0.15) is 0 Å². The first-order chi connectivity index (χ1) is 14.4. The third-order valence-electron chi connectivity index (χ3n) is 5.50. The number of aryl methyl sites for hydroxylation is 1. The Labute approximate surface area is 172 Å². The summed E-state index contributed by atoms with van der Waals surface area (Å²) in [6, 6.07) is 27.8. The van der Waals surface area contributed by atoms with Gasteiger partial charge in [0, 0.05) is 16.3 Å². The molecule has 0 aliphatic heterocycles. The van der Waals surface area contributed by atoms with Crippen molar-refractivity contribution >= 4 is 21.8 Å². The van der Waals surface area contributed by atoms with Gasteiger partial charge in [0.15, 0.2) is 0 Å². The molecule has 30 heavy (non-hydrogen) atoms. The average Bonchev–Trinajstić information content (AvgIpc) is 3.08. The van der Waals surface area contributed by atoms with E-state index in [1.165, 1.54) is 6.07 Å². The van der Waals surface area contributed by atoms with Crippen LogP contribution in [0.1, 0.15) is 11.1 Å². The first-order valence-electron chi connectivity index (χ1n) is 9.71. The summed E-state index contributed by atoms with van der Waals surface area (Å²) in [5.41, 5.74) is 3.36. The standard InChI is InChI=1S/C26H18F3N/c1-17-14-15-18(22(16-17)26(27,28)29)19-8-2-5-11-23(19)30-24-12-6-3-9-20(24)21-10-4-7-13-25(21)30/h2-16H,1H3. The summed E-state index contributed by atoms with van der Waals surface area (Å²) in [7, 11) is 0. The zero-order valence-corrected chi connectivity index (χ0v) is 16.2. The molecule has 0 atom stereocenters. The lowest BCUT2D eigenvalue weighted by Crippen LogP contribution is -2.08. The lowest BCUT2D eigenvalue weighted by atomic mass is 9.96. The van der Waals surface area contributed by atoms with Crippen molar-refractivity contribution in [3.63, 3.8) is 0 Å².